The number of benzene rings is 2. The standard InChI is InChI=1S/C13H7Br2FINO/c14-7-1-3-9(10(15)5-7)13(19)18-12-4-2-8(16)6-11(12)17/h1-6H,(H,18,19). The Labute approximate surface area is 140 Å². The summed E-state index contributed by atoms with van der Waals surface area (Å²) < 4.78 is 15.2. The SMILES string of the molecule is O=C(Nc1ccc(F)cc1I)c1ccc(Br)cc1Br. The number of carbonyl (C=O) groups excluding carboxylic acids is 1. The van der Waals surface area contributed by atoms with E-state index >= 15 is 0 Å². The Morgan fingerprint density at radius 2 is 1.89 bits per heavy atom. The molecule has 19 heavy (non-hydrogen) atoms. The summed E-state index contributed by atoms with van der Waals surface area (Å²) in [5.74, 6) is -0.573. The van der Waals surface area contributed by atoms with E-state index in [1.807, 2.05) is 22.6 Å². The van der Waals surface area contributed by atoms with Gasteiger partial charge in [0.05, 0.1) is 11.3 Å². The van der Waals surface area contributed by atoms with E-state index in [2.05, 4.69) is 37.2 Å². The third kappa shape index (κ3) is 3.76. The summed E-state index contributed by atoms with van der Waals surface area (Å²) in [6.07, 6.45) is 0. The second kappa shape index (κ2) is 6.32. The van der Waals surface area contributed by atoms with Crippen LogP contribution in [-0.4, -0.2) is 5.91 Å². The van der Waals surface area contributed by atoms with Crippen molar-refractivity contribution in [3.63, 3.8) is 0 Å². The number of nitrogens with one attached hydrogen (secondary N) is 1. The molecule has 2 nitrogen and oxygen atoms in total. The van der Waals surface area contributed by atoms with Crippen molar-refractivity contribution in [2.24, 2.45) is 0 Å². The Morgan fingerprint density at radius 1 is 1.16 bits per heavy atom. The van der Waals surface area contributed by atoms with Crippen LogP contribution < -0.4 is 5.32 Å². The lowest BCUT2D eigenvalue weighted by Crippen LogP contribution is -2.13. The zero-order chi connectivity index (χ0) is 14.0. The molecule has 2 aromatic rings. The number of hydrogen-bond acceptors (Lipinski definition) is 1. The third-order valence-corrected chi connectivity index (χ3v) is 4.40. The maximum atomic E-state index is 13.0. The normalized spacial score (nSPS) is 10.3. The van der Waals surface area contributed by atoms with Crippen LogP contribution in [0.15, 0.2) is 45.3 Å². The minimum atomic E-state index is -0.327. The van der Waals surface area contributed by atoms with E-state index in [4.69, 9.17) is 0 Å². The van der Waals surface area contributed by atoms with Crippen molar-refractivity contribution >= 4 is 66.0 Å². The molecule has 0 aliphatic carbocycles. The van der Waals surface area contributed by atoms with E-state index in [1.165, 1.54) is 12.1 Å². The zero-order valence-electron chi connectivity index (χ0n) is 9.38. The van der Waals surface area contributed by atoms with Gasteiger partial charge < -0.3 is 5.32 Å². The molecule has 2 rings (SSSR count). The topological polar surface area (TPSA) is 29.1 Å². The van der Waals surface area contributed by atoms with Crippen LogP contribution in [0, 0.1) is 9.39 Å². The predicted molar refractivity (Wildman–Crippen MR) is 88.9 cm³/mol. The Balaban J connectivity index is 2.25. The summed E-state index contributed by atoms with van der Waals surface area (Å²) in [6.45, 7) is 0. The van der Waals surface area contributed by atoms with Crippen molar-refractivity contribution in [1.29, 1.82) is 0 Å². The molecule has 0 aromatic heterocycles. The average molecular weight is 499 g/mol. The van der Waals surface area contributed by atoms with E-state index < -0.39 is 0 Å². The molecule has 0 saturated heterocycles. The Bertz CT molecular complexity index is 649. The number of halogens is 4. The summed E-state index contributed by atoms with van der Waals surface area (Å²) in [5.41, 5.74) is 1.10. The number of amides is 1. The molecule has 0 aliphatic heterocycles. The highest BCUT2D eigenvalue weighted by atomic mass is 127. The van der Waals surface area contributed by atoms with E-state index in [1.54, 1.807) is 24.3 Å². The fraction of sp³-hybridized carbons (Fsp3) is 0. The van der Waals surface area contributed by atoms with Crippen LogP contribution in [0.1, 0.15) is 10.4 Å². The minimum Gasteiger partial charge on any atom is -0.321 e. The largest absolute Gasteiger partial charge is 0.321 e. The van der Waals surface area contributed by atoms with Crippen LogP contribution in [0.25, 0.3) is 0 Å². The molecule has 2 aromatic carbocycles. The van der Waals surface area contributed by atoms with Gasteiger partial charge in [0.15, 0.2) is 0 Å². The summed E-state index contributed by atoms with van der Waals surface area (Å²) in [5, 5.41) is 2.76. The van der Waals surface area contributed by atoms with Crippen molar-refractivity contribution in [3.05, 3.63) is 60.3 Å². The number of carbonyl (C=O) groups is 1. The highest BCUT2D eigenvalue weighted by Gasteiger charge is 2.12. The molecule has 0 spiro atoms. The molecule has 0 unspecified atom stereocenters. The predicted octanol–water partition coefficient (Wildman–Crippen LogP) is 5.21. The van der Waals surface area contributed by atoms with Gasteiger partial charge in [-0.05, 0) is 74.9 Å². The summed E-state index contributed by atoms with van der Waals surface area (Å²) >= 11 is 8.64. The monoisotopic (exact) mass is 497 g/mol. The van der Waals surface area contributed by atoms with Gasteiger partial charge in [-0.2, -0.15) is 0 Å². The molecule has 0 bridgehead atoms. The van der Waals surface area contributed by atoms with Gasteiger partial charge in [-0.1, -0.05) is 15.9 Å². The molecular weight excluding hydrogens is 492 g/mol. The van der Waals surface area contributed by atoms with E-state index in [0.717, 1.165) is 4.47 Å². The molecule has 1 amide bonds. The van der Waals surface area contributed by atoms with Crippen LogP contribution in [0.2, 0.25) is 0 Å². The zero-order valence-corrected chi connectivity index (χ0v) is 14.7. The van der Waals surface area contributed by atoms with Gasteiger partial charge >= 0.3 is 0 Å². The number of hydrogen-bond donors (Lipinski definition) is 1. The highest BCUT2D eigenvalue weighted by molar-refractivity contribution is 14.1. The Kier molecular flexibility index (Phi) is 4.97. The van der Waals surface area contributed by atoms with Gasteiger partial charge in [0.1, 0.15) is 5.82 Å². The first-order valence-corrected chi connectivity index (χ1v) is 7.85. The van der Waals surface area contributed by atoms with Gasteiger partial charge in [0.2, 0.25) is 0 Å². The van der Waals surface area contributed by atoms with Crippen LogP contribution in [0.5, 0.6) is 0 Å². The fourth-order valence-corrected chi connectivity index (χ4v) is 3.29. The number of anilines is 1. The quantitative estimate of drug-likeness (QED) is 0.566. The molecule has 0 aliphatic rings. The first-order valence-electron chi connectivity index (χ1n) is 5.19. The summed E-state index contributed by atoms with van der Waals surface area (Å²) in [7, 11) is 0. The molecular formula is C13H7Br2FINO. The summed E-state index contributed by atoms with van der Waals surface area (Å²) in [4.78, 5) is 12.1. The lowest BCUT2D eigenvalue weighted by Gasteiger charge is -2.09. The Hall–Kier alpha value is -0.470. The lowest BCUT2D eigenvalue weighted by molar-refractivity contribution is 0.102. The maximum absolute atomic E-state index is 13.0. The van der Waals surface area contributed by atoms with Crippen molar-refractivity contribution in [3.8, 4) is 0 Å². The van der Waals surface area contributed by atoms with Crippen LogP contribution in [0.3, 0.4) is 0 Å². The van der Waals surface area contributed by atoms with Crippen LogP contribution >= 0.6 is 54.5 Å². The molecule has 0 saturated carbocycles. The van der Waals surface area contributed by atoms with Crippen molar-refractivity contribution in [2.45, 2.75) is 0 Å². The van der Waals surface area contributed by atoms with Gasteiger partial charge in [0.25, 0.3) is 5.91 Å². The lowest BCUT2D eigenvalue weighted by atomic mass is 10.2. The molecule has 1 N–H and O–H groups in total. The second-order valence-corrected chi connectivity index (χ2v) is 6.63. The smallest absolute Gasteiger partial charge is 0.256 e. The van der Waals surface area contributed by atoms with Gasteiger partial charge in [-0.3, -0.25) is 4.79 Å². The Morgan fingerprint density at radius 3 is 2.53 bits per heavy atom. The van der Waals surface area contributed by atoms with Crippen LogP contribution in [0.4, 0.5) is 10.1 Å². The van der Waals surface area contributed by atoms with Gasteiger partial charge in [-0.25, -0.2) is 4.39 Å². The third-order valence-electron chi connectivity index (χ3n) is 2.36. The minimum absolute atomic E-state index is 0.246. The molecule has 0 atom stereocenters. The number of rotatable bonds is 2. The van der Waals surface area contributed by atoms with Crippen LogP contribution in [-0.2, 0) is 0 Å². The highest BCUT2D eigenvalue weighted by Crippen LogP contribution is 2.24. The van der Waals surface area contributed by atoms with Crippen molar-refractivity contribution in [2.75, 3.05) is 5.32 Å². The fourth-order valence-electron chi connectivity index (χ4n) is 1.45. The van der Waals surface area contributed by atoms with E-state index in [0.29, 0.717) is 19.3 Å². The second-order valence-electron chi connectivity index (χ2n) is 3.70. The molecule has 6 heteroatoms. The summed E-state index contributed by atoms with van der Waals surface area (Å²) in [6, 6.07) is 9.52. The molecule has 0 radical (unpaired) electrons. The van der Waals surface area contributed by atoms with E-state index in [-0.39, 0.29) is 11.7 Å². The molecule has 98 valence electrons. The van der Waals surface area contributed by atoms with Crippen molar-refractivity contribution < 1.29 is 9.18 Å². The maximum Gasteiger partial charge on any atom is 0.256 e. The van der Waals surface area contributed by atoms with E-state index in [9.17, 15) is 9.18 Å². The van der Waals surface area contributed by atoms with Crippen molar-refractivity contribution in [1.82, 2.24) is 0 Å². The first kappa shape index (κ1) is 14.9. The average Bonchev–Trinajstić information content (AvgIpc) is 2.32. The van der Waals surface area contributed by atoms with Gasteiger partial charge in [0, 0.05) is 12.5 Å². The molecule has 0 fully saturated rings. The first-order chi connectivity index (χ1) is 8.97. The molecule has 0 heterocycles. The van der Waals surface area contributed by atoms with Gasteiger partial charge in [-0.15, -0.1) is 0 Å².